The lowest BCUT2D eigenvalue weighted by molar-refractivity contribution is -0.137. The first-order chi connectivity index (χ1) is 27.0. The van der Waals surface area contributed by atoms with Crippen LogP contribution < -0.4 is 5.32 Å². The number of likely N-dealkylation sites (tertiary alicyclic amines) is 1. The number of fused-ring (bicyclic) bond motifs is 4. The van der Waals surface area contributed by atoms with Gasteiger partial charge in [0.1, 0.15) is 16.8 Å². The molecular weight excluding hydrogens is 725 g/mol. The van der Waals surface area contributed by atoms with Gasteiger partial charge in [-0.3, -0.25) is 9.36 Å². The first-order valence-corrected chi connectivity index (χ1v) is 19.7. The number of nitrogens with one attached hydrogen (secondary N) is 1. The molecule has 6 aliphatic heterocycles. The molecule has 300 valence electrons. The number of hydrogen-bond donors (Lipinski definition) is 1. The van der Waals surface area contributed by atoms with Crippen LogP contribution in [0.25, 0.3) is 0 Å². The summed E-state index contributed by atoms with van der Waals surface area (Å²) in [4.78, 5) is 25.8. The molecule has 0 bridgehead atoms. The molecule has 6 aliphatic rings. The first-order valence-electron chi connectivity index (χ1n) is 19.7. The molecule has 10 rings (SSSR count). The van der Waals surface area contributed by atoms with Crippen molar-refractivity contribution in [3.63, 3.8) is 0 Å². The van der Waals surface area contributed by atoms with E-state index in [0.29, 0.717) is 32.7 Å². The van der Waals surface area contributed by atoms with Gasteiger partial charge >= 0.3 is 6.09 Å². The van der Waals surface area contributed by atoms with Crippen molar-refractivity contribution in [1.82, 2.24) is 29.8 Å². The van der Waals surface area contributed by atoms with Crippen molar-refractivity contribution in [1.29, 1.82) is 0 Å². The van der Waals surface area contributed by atoms with Gasteiger partial charge < -0.3 is 34.1 Å². The van der Waals surface area contributed by atoms with Gasteiger partial charge in [0.2, 0.25) is 0 Å². The number of nitrogens with zero attached hydrogens (tertiary/aromatic N) is 7. The zero-order chi connectivity index (χ0) is 40.1. The Kier molecular flexibility index (Phi) is 8.55. The molecule has 2 unspecified atom stereocenters. The van der Waals surface area contributed by atoms with Gasteiger partial charge in [0.05, 0.1) is 60.5 Å². The van der Waals surface area contributed by atoms with Crippen LogP contribution in [0.5, 0.6) is 0 Å². The van der Waals surface area contributed by atoms with Crippen molar-refractivity contribution in [2.24, 2.45) is 24.4 Å². The number of hydrogen-bond acceptors (Lipinski definition) is 11. The maximum atomic E-state index is 12.3. The highest BCUT2D eigenvalue weighted by molar-refractivity contribution is 6.02. The van der Waals surface area contributed by atoms with E-state index in [9.17, 15) is 4.79 Å². The highest BCUT2D eigenvalue weighted by atomic mass is 16.7. The van der Waals surface area contributed by atoms with Gasteiger partial charge in [-0.15, -0.1) is 0 Å². The molecule has 1 amide bonds. The number of aryl methyl sites for hydroxylation is 4. The lowest BCUT2D eigenvalue weighted by Gasteiger charge is -2.47. The molecule has 2 saturated heterocycles. The molecule has 2 aromatic carbocycles. The van der Waals surface area contributed by atoms with E-state index in [1.807, 2.05) is 71.1 Å². The van der Waals surface area contributed by atoms with Crippen LogP contribution in [0, 0.1) is 13.8 Å². The normalized spacial score (nSPS) is 24.8. The maximum absolute atomic E-state index is 12.3. The Balaban J connectivity index is 0.000000153. The van der Waals surface area contributed by atoms with Crippen LogP contribution in [0.4, 0.5) is 4.79 Å². The smallest absolute Gasteiger partial charge is 0.410 e. The number of oxime groups is 2. The molecule has 57 heavy (non-hydrogen) atoms. The van der Waals surface area contributed by atoms with Crippen molar-refractivity contribution in [2.45, 2.75) is 103 Å². The predicted octanol–water partition coefficient (Wildman–Crippen LogP) is 5.84. The molecule has 14 nitrogen and oxygen atoms in total. The van der Waals surface area contributed by atoms with E-state index in [4.69, 9.17) is 23.9 Å². The summed E-state index contributed by atoms with van der Waals surface area (Å²) in [6.07, 6.45) is 1.11. The van der Waals surface area contributed by atoms with Crippen molar-refractivity contribution in [3.05, 3.63) is 105 Å². The minimum Gasteiger partial charge on any atom is -0.444 e. The second-order valence-electron chi connectivity index (χ2n) is 17.9. The molecule has 1 N–H and O–H groups in total. The standard InChI is InChI=1S/C24H30N4O4.C19H22N4O2/c1-15-9-20(27(6)25-15)23(5)11-19(26-32-23)16-7-8-18-17(10-16)12-30-24(18)13-28(14-24)21(29)31-22(2,3)4;1-12-6-17(23(3)21-12)18(2)8-16(22-25-18)13-4-5-15-14(7-13)9-24-19(15)10-20-11-19/h7-10H,11-14H2,1-6H3;4-7,20H,8-11H2,1-3H3. The Morgan fingerprint density at radius 1 is 0.737 bits per heavy atom. The summed E-state index contributed by atoms with van der Waals surface area (Å²) in [5.41, 5.74) is 10.9. The molecule has 4 aromatic rings. The fraction of sp³-hybridized carbons (Fsp3) is 0.512. The predicted molar refractivity (Wildman–Crippen MR) is 212 cm³/mol. The third kappa shape index (κ3) is 6.42. The topological polar surface area (TPSA) is 139 Å². The molecule has 8 heterocycles. The monoisotopic (exact) mass is 776 g/mol. The Morgan fingerprint density at radius 3 is 1.63 bits per heavy atom. The lowest BCUT2D eigenvalue weighted by Crippen LogP contribution is -2.61. The Hall–Kier alpha value is -5.05. The number of rotatable bonds is 4. The lowest BCUT2D eigenvalue weighted by atomic mass is 9.84. The number of benzene rings is 2. The van der Waals surface area contributed by atoms with E-state index in [-0.39, 0.29) is 11.7 Å². The minimum absolute atomic E-state index is 0.0946. The Bertz CT molecular complexity index is 2340. The third-order valence-electron chi connectivity index (χ3n) is 12.0. The summed E-state index contributed by atoms with van der Waals surface area (Å²) in [5, 5.41) is 21.0. The molecule has 2 atom stereocenters. The third-order valence-corrected chi connectivity index (χ3v) is 12.0. The van der Waals surface area contributed by atoms with Gasteiger partial charge in [0.25, 0.3) is 0 Å². The molecular formula is C43H52N8O6. The van der Waals surface area contributed by atoms with Crippen LogP contribution in [0.2, 0.25) is 0 Å². The molecule has 0 aliphatic carbocycles. The SMILES string of the molecule is Cc1cc(C2(C)CC(c3ccc4c(c3)COC43CN(C(=O)OC(C)(C)C)C3)=NO2)n(C)n1.Cc1cc(C2(C)CC(c3ccc4c(c3)COC43CNC3)=NO2)n(C)n1. The zero-order valence-electron chi connectivity index (χ0n) is 34.4. The van der Waals surface area contributed by atoms with Crippen molar-refractivity contribution >= 4 is 17.5 Å². The number of ether oxygens (including phenoxy) is 3. The van der Waals surface area contributed by atoms with Crippen LogP contribution in [0.3, 0.4) is 0 Å². The number of amides is 1. The number of carbonyl (C=O) groups is 1. The van der Waals surface area contributed by atoms with Gasteiger partial charge in [-0.05, 0) is 106 Å². The van der Waals surface area contributed by atoms with E-state index in [1.165, 1.54) is 11.1 Å². The summed E-state index contributed by atoms with van der Waals surface area (Å²) >= 11 is 0. The Labute approximate surface area is 333 Å². The summed E-state index contributed by atoms with van der Waals surface area (Å²) in [6, 6.07) is 17.0. The summed E-state index contributed by atoms with van der Waals surface area (Å²) in [6.45, 7) is 17.7. The Morgan fingerprint density at radius 2 is 1.21 bits per heavy atom. The molecule has 0 radical (unpaired) electrons. The largest absolute Gasteiger partial charge is 0.444 e. The summed E-state index contributed by atoms with van der Waals surface area (Å²) in [5.74, 6) is 0. The number of aromatic nitrogens is 4. The highest BCUT2D eigenvalue weighted by Crippen LogP contribution is 2.45. The van der Waals surface area contributed by atoms with Crippen LogP contribution in [-0.2, 0) is 73.6 Å². The van der Waals surface area contributed by atoms with Crippen LogP contribution >= 0.6 is 0 Å². The molecule has 0 saturated carbocycles. The van der Waals surface area contributed by atoms with Gasteiger partial charge in [0, 0.05) is 40.0 Å². The molecule has 2 aromatic heterocycles. The summed E-state index contributed by atoms with van der Waals surface area (Å²) in [7, 11) is 3.88. The summed E-state index contributed by atoms with van der Waals surface area (Å²) < 4.78 is 21.4. The minimum atomic E-state index is -0.538. The molecule has 2 fully saturated rings. The molecule has 14 heteroatoms. The fourth-order valence-electron chi connectivity index (χ4n) is 9.07. The maximum Gasteiger partial charge on any atom is 0.410 e. The van der Waals surface area contributed by atoms with Crippen molar-refractivity contribution in [3.8, 4) is 0 Å². The van der Waals surface area contributed by atoms with Crippen LogP contribution in [-0.4, -0.2) is 73.8 Å². The van der Waals surface area contributed by atoms with E-state index in [2.05, 4.69) is 75.2 Å². The number of carbonyl (C=O) groups excluding carboxylic acids is 1. The van der Waals surface area contributed by atoms with Crippen molar-refractivity contribution in [2.75, 3.05) is 26.2 Å². The molecule has 2 spiro atoms. The van der Waals surface area contributed by atoms with Crippen molar-refractivity contribution < 1.29 is 28.7 Å². The van der Waals surface area contributed by atoms with Crippen LogP contribution in [0.1, 0.15) is 104 Å². The second kappa shape index (κ2) is 13.0. The fourth-order valence-corrected chi connectivity index (χ4v) is 9.07. The van der Waals surface area contributed by atoms with Gasteiger partial charge in [0.15, 0.2) is 11.2 Å². The van der Waals surface area contributed by atoms with Gasteiger partial charge in [-0.25, -0.2) is 4.79 Å². The zero-order valence-corrected chi connectivity index (χ0v) is 34.4. The van der Waals surface area contributed by atoms with Crippen LogP contribution in [0.15, 0.2) is 58.8 Å². The second-order valence-corrected chi connectivity index (χ2v) is 17.9. The highest BCUT2D eigenvalue weighted by Gasteiger charge is 2.53. The quantitative estimate of drug-likeness (QED) is 0.271. The first kappa shape index (κ1) is 37.5. The van der Waals surface area contributed by atoms with E-state index >= 15 is 0 Å². The average Bonchev–Trinajstić information content (AvgIpc) is 3.96. The van der Waals surface area contributed by atoms with Gasteiger partial charge in [-0.2, -0.15) is 10.2 Å². The van der Waals surface area contributed by atoms with E-state index in [0.717, 1.165) is 76.0 Å². The van der Waals surface area contributed by atoms with Gasteiger partial charge in [-0.1, -0.05) is 34.6 Å². The van der Waals surface area contributed by atoms with E-state index in [1.54, 1.807) is 4.90 Å². The average molecular weight is 777 g/mol. The van der Waals surface area contributed by atoms with E-state index < -0.39 is 22.4 Å².